The van der Waals surface area contributed by atoms with Crippen molar-refractivity contribution in [2.45, 2.75) is 38.1 Å². The molecule has 22 heavy (non-hydrogen) atoms. The first-order valence-electron chi connectivity index (χ1n) is 7.90. The van der Waals surface area contributed by atoms with Gasteiger partial charge in [-0.05, 0) is 46.8 Å². The molecule has 1 aromatic carbocycles. The van der Waals surface area contributed by atoms with E-state index in [1.54, 1.807) is 0 Å². The van der Waals surface area contributed by atoms with Crippen LogP contribution in [-0.4, -0.2) is 28.4 Å². The van der Waals surface area contributed by atoms with Gasteiger partial charge in [-0.1, -0.05) is 37.3 Å². The van der Waals surface area contributed by atoms with Crippen molar-refractivity contribution in [2.24, 2.45) is 0 Å². The lowest BCUT2D eigenvalue weighted by Gasteiger charge is -2.31. The summed E-state index contributed by atoms with van der Waals surface area (Å²) in [6.45, 7) is 3.06. The number of carbonyl (C=O) groups is 1. The molecule has 1 aromatic heterocycles. The second-order valence-electron chi connectivity index (χ2n) is 5.87. The zero-order chi connectivity index (χ0) is 15.5. The average Bonchev–Trinajstić information content (AvgIpc) is 3.18. The zero-order valence-corrected chi connectivity index (χ0v) is 14.3. The maximum atomic E-state index is 12.8. The molecule has 2 heterocycles. The fraction of sp³-hybridized carbons (Fsp3) is 0.389. The van der Waals surface area contributed by atoms with Crippen molar-refractivity contribution in [3.05, 3.63) is 58.3 Å². The minimum Gasteiger partial charge on any atom is -0.356 e. The number of aromatic nitrogens is 1. The lowest BCUT2D eigenvalue weighted by molar-refractivity contribution is 0.0709. The highest BCUT2D eigenvalue weighted by Crippen LogP contribution is 2.34. The molecular formula is C18H21BrN2O. The molecule has 1 saturated heterocycles. The Bertz CT molecular complexity index is 638. The third-order valence-corrected chi connectivity index (χ3v) is 5.03. The first-order chi connectivity index (χ1) is 10.7. The van der Waals surface area contributed by atoms with Gasteiger partial charge in [0, 0.05) is 29.2 Å². The summed E-state index contributed by atoms with van der Waals surface area (Å²) in [6.07, 6.45) is 5.03. The average molecular weight is 361 g/mol. The molecule has 2 aromatic rings. The van der Waals surface area contributed by atoms with E-state index in [1.165, 1.54) is 5.56 Å². The van der Waals surface area contributed by atoms with Gasteiger partial charge in [0.2, 0.25) is 0 Å². The van der Waals surface area contributed by atoms with Crippen molar-refractivity contribution in [1.82, 2.24) is 9.88 Å². The van der Waals surface area contributed by atoms with E-state index in [9.17, 15) is 4.79 Å². The number of amides is 1. The normalized spacial score (nSPS) is 19.4. The molecule has 1 aliphatic rings. The van der Waals surface area contributed by atoms with E-state index in [2.05, 4.69) is 57.0 Å². The maximum Gasteiger partial charge on any atom is 0.270 e. The van der Waals surface area contributed by atoms with Gasteiger partial charge in [0.25, 0.3) is 5.91 Å². The smallest absolute Gasteiger partial charge is 0.270 e. The number of carbonyl (C=O) groups excluding carboxylic acids is 1. The van der Waals surface area contributed by atoms with Crippen LogP contribution in [0.5, 0.6) is 0 Å². The van der Waals surface area contributed by atoms with Crippen LogP contribution in [0.4, 0.5) is 0 Å². The Hall–Kier alpha value is -1.55. The maximum absolute atomic E-state index is 12.8. The quantitative estimate of drug-likeness (QED) is 0.851. The Labute approximate surface area is 139 Å². The third kappa shape index (κ3) is 2.98. The molecule has 0 aliphatic carbocycles. The number of aromatic amines is 1. The third-order valence-electron chi connectivity index (χ3n) is 4.57. The largest absolute Gasteiger partial charge is 0.356 e. The van der Waals surface area contributed by atoms with Crippen LogP contribution >= 0.6 is 15.9 Å². The topological polar surface area (TPSA) is 36.1 Å². The lowest BCUT2D eigenvalue weighted by atomic mass is 9.87. The van der Waals surface area contributed by atoms with E-state index in [-0.39, 0.29) is 5.91 Å². The van der Waals surface area contributed by atoms with Crippen molar-refractivity contribution in [3.63, 3.8) is 0 Å². The predicted octanol–water partition coefficient (Wildman–Crippen LogP) is 4.58. The molecule has 2 atom stereocenters. The molecule has 4 heteroatoms. The van der Waals surface area contributed by atoms with Gasteiger partial charge in [0.1, 0.15) is 5.69 Å². The molecule has 0 saturated carbocycles. The number of likely N-dealkylation sites (tertiary alicyclic amines) is 1. The Morgan fingerprint density at radius 1 is 1.41 bits per heavy atom. The summed E-state index contributed by atoms with van der Waals surface area (Å²) >= 11 is 3.40. The number of H-pyrrole nitrogens is 1. The molecule has 0 radical (unpaired) electrons. The summed E-state index contributed by atoms with van der Waals surface area (Å²) in [5.74, 6) is 0.522. The van der Waals surface area contributed by atoms with Crippen LogP contribution in [0.15, 0.2) is 47.1 Å². The highest BCUT2D eigenvalue weighted by atomic mass is 79.9. The first kappa shape index (κ1) is 15.3. The predicted molar refractivity (Wildman–Crippen MR) is 92.0 cm³/mol. The molecule has 1 amide bonds. The molecular weight excluding hydrogens is 340 g/mol. The Morgan fingerprint density at radius 3 is 2.82 bits per heavy atom. The lowest BCUT2D eigenvalue weighted by Crippen LogP contribution is -2.39. The standard InChI is InChI=1S/C18H21BrN2O/c1-2-15(13-7-4-3-5-8-13)17-9-6-10-21(17)18(22)16-11-14(19)12-20-16/h3-5,7-8,11-12,15,17,20H,2,6,9-10H2,1H3/t15-,17-/m0/s1. The van der Waals surface area contributed by atoms with Crippen LogP contribution in [0, 0.1) is 0 Å². The molecule has 1 N–H and O–H groups in total. The van der Waals surface area contributed by atoms with Gasteiger partial charge in [-0.25, -0.2) is 0 Å². The van der Waals surface area contributed by atoms with Crippen LogP contribution in [0.3, 0.4) is 0 Å². The second kappa shape index (κ2) is 6.69. The molecule has 0 spiro atoms. The Balaban J connectivity index is 1.84. The van der Waals surface area contributed by atoms with Crippen molar-refractivity contribution in [1.29, 1.82) is 0 Å². The van der Waals surface area contributed by atoms with Crippen molar-refractivity contribution >= 4 is 21.8 Å². The van der Waals surface area contributed by atoms with Crippen LogP contribution < -0.4 is 0 Å². The van der Waals surface area contributed by atoms with E-state index < -0.39 is 0 Å². The highest BCUT2D eigenvalue weighted by molar-refractivity contribution is 9.10. The van der Waals surface area contributed by atoms with E-state index >= 15 is 0 Å². The minimum absolute atomic E-state index is 0.114. The zero-order valence-electron chi connectivity index (χ0n) is 12.8. The Kier molecular flexibility index (Phi) is 4.67. The van der Waals surface area contributed by atoms with Crippen LogP contribution in [0.25, 0.3) is 0 Å². The summed E-state index contributed by atoms with van der Waals surface area (Å²) in [6, 6.07) is 12.7. The fourth-order valence-corrected chi connectivity index (χ4v) is 3.88. The number of nitrogens with one attached hydrogen (secondary N) is 1. The molecule has 3 nitrogen and oxygen atoms in total. The Morgan fingerprint density at radius 2 is 2.18 bits per heavy atom. The van der Waals surface area contributed by atoms with Gasteiger partial charge in [0.05, 0.1) is 0 Å². The number of hydrogen-bond acceptors (Lipinski definition) is 1. The molecule has 116 valence electrons. The van der Waals surface area contributed by atoms with E-state index in [4.69, 9.17) is 0 Å². The number of nitrogens with zero attached hydrogens (tertiary/aromatic N) is 1. The molecule has 0 bridgehead atoms. The summed E-state index contributed by atoms with van der Waals surface area (Å²) in [7, 11) is 0. The summed E-state index contributed by atoms with van der Waals surface area (Å²) in [5, 5.41) is 0. The van der Waals surface area contributed by atoms with Gasteiger partial charge in [-0.3, -0.25) is 4.79 Å². The van der Waals surface area contributed by atoms with Gasteiger partial charge in [0.15, 0.2) is 0 Å². The molecule has 1 fully saturated rings. The van der Waals surface area contributed by atoms with Gasteiger partial charge >= 0.3 is 0 Å². The van der Waals surface area contributed by atoms with Crippen LogP contribution in [0.1, 0.15) is 48.2 Å². The molecule has 3 rings (SSSR count). The van der Waals surface area contributed by atoms with Crippen molar-refractivity contribution in [3.8, 4) is 0 Å². The van der Waals surface area contributed by atoms with Crippen LogP contribution in [-0.2, 0) is 0 Å². The molecule has 0 unspecified atom stereocenters. The number of hydrogen-bond donors (Lipinski definition) is 1. The second-order valence-corrected chi connectivity index (χ2v) is 6.78. The highest BCUT2D eigenvalue weighted by Gasteiger charge is 2.35. The number of halogens is 1. The number of benzene rings is 1. The fourth-order valence-electron chi connectivity index (χ4n) is 3.54. The van der Waals surface area contributed by atoms with E-state index in [0.29, 0.717) is 17.7 Å². The molecule has 1 aliphatic heterocycles. The summed E-state index contributed by atoms with van der Waals surface area (Å²) in [4.78, 5) is 17.9. The first-order valence-corrected chi connectivity index (χ1v) is 8.70. The van der Waals surface area contributed by atoms with Gasteiger partial charge < -0.3 is 9.88 Å². The van der Waals surface area contributed by atoms with Crippen LogP contribution in [0.2, 0.25) is 0 Å². The minimum atomic E-state index is 0.114. The SMILES string of the molecule is CC[C@@H](c1ccccc1)[C@@H]1CCCN1C(=O)c1cc(Br)c[nH]1. The van der Waals surface area contributed by atoms with Crippen molar-refractivity contribution < 1.29 is 4.79 Å². The summed E-state index contributed by atoms with van der Waals surface area (Å²) < 4.78 is 0.918. The summed E-state index contributed by atoms with van der Waals surface area (Å²) in [5.41, 5.74) is 2.00. The van der Waals surface area contributed by atoms with Gasteiger partial charge in [-0.15, -0.1) is 0 Å². The monoisotopic (exact) mass is 360 g/mol. The number of rotatable bonds is 4. The van der Waals surface area contributed by atoms with Gasteiger partial charge in [-0.2, -0.15) is 0 Å². The van der Waals surface area contributed by atoms with E-state index in [1.807, 2.05) is 18.3 Å². The van der Waals surface area contributed by atoms with Crippen molar-refractivity contribution in [2.75, 3.05) is 6.54 Å². The van der Waals surface area contributed by atoms with E-state index in [0.717, 1.165) is 30.3 Å².